The van der Waals surface area contributed by atoms with E-state index in [2.05, 4.69) is 23.1 Å². The molecule has 142 valence electrons. The summed E-state index contributed by atoms with van der Waals surface area (Å²) in [4.78, 5) is 18.1. The number of nitriles is 1. The van der Waals surface area contributed by atoms with E-state index in [1.807, 2.05) is 46.8 Å². The van der Waals surface area contributed by atoms with Gasteiger partial charge in [-0.25, -0.2) is 4.68 Å². The average Bonchev–Trinajstić information content (AvgIpc) is 3.42. The molecule has 28 heavy (non-hydrogen) atoms. The van der Waals surface area contributed by atoms with Gasteiger partial charge in [0, 0.05) is 18.3 Å². The first kappa shape index (κ1) is 18.4. The molecule has 0 spiro atoms. The number of hydrogen-bond acceptors (Lipinski definition) is 5. The number of nitrogens with zero attached hydrogens (tertiary/aromatic N) is 5. The normalized spacial score (nSPS) is 15.3. The van der Waals surface area contributed by atoms with Crippen molar-refractivity contribution in [3.63, 3.8) is 0 Å². The molecule has 4 rings (SSSR count). The summed E-state index contributed by atoms with van der Waals surface area (Å²) in [6, 6.07) is 15.2. The predicted molar refractivity (Wildman–Crippen MR) is 110 cm³/mol. The fourth-order valence-electron chi connectivity index (χ4n) is 3.53. The molecular formula is C21H21N5OS. The molecule has 6 nitrogen and oxygen atoms in total. The minimum Gasteiger partial charge on any atom is -0.306 e. The van der Waals surface area contributed by atoms with Crippen LogP contribution in [0.25, 0.3) is 5.69 Å². The van der Waals surface area contributed by atoms with Crippen LogP contribution in [-0.2, 0) is 0 Å². The van der Waals surface area contributed by atoms with Crippen molar-refractivity contribution in [2.45, 2.75) is 18.9 Å². The SMILES string of the molecule is CN1CCC(N(C(=O)c2cccs2)c2ccn(-c3cccc(C#N)c3)n2)CC1. The second-order valence-corrected chi connectivity index (χ2v) is 7.92. The first-order chi connectivity index (χ1) is 13.7. The fraction of sp³-hybridized carbons (Fsp3) is 0.286. The number of likely N-dealkylation sites (tertiary alicyclic amines) is 1. The van der Waals surface area contributed by atoms with Crippen molar-refractivity contribution in [1.82, 2.24) is 14.7 Å². The van der Waals surface area contributed by atoms with Crippen LogP contribution in [0.5, 0.6) is 0 Å². The highest BCUT2D eigenvalue weighted by molar-refractivity contribution is 7.12. The zero-order chi connectivity index (χ0) is 19.5. The second kappa shape index (κ2) is 7.97. The van der Waals surface area contributed by atoms with E-state index in [1.165, 1.54) is 11.3 Å². The van der Waals surface area contributed by atoms with Crippen molar-refractivity contribution in [2.75, 3.05) is 25.0 Å². The molecule has 0 aliphatic carbocycles. The molecule has 0 unspecified atom stereocenters. The third-order valence-corrected chi connectivity index (χ3v) is 5.92. The lowest BCUT2D eigenvalue weighted by Gasteiger charge is -2.36. The number of anilines is 1. The van der Waals surface area contributed by atoms with Crippen molar-refractivity contribution in [2.24, 2.45) is 0 Å². The van der Waals surface area contributed by atoms with Gasteiger partial charge in [-0.15, -0.1) is 16.4 Å². The quantitative estimate of drug-likeness (QED) is 0.682. The number of aromatic nitrogens is 2. The van der Waals surface area contributed by atoms with Crippen LogP contribution in [0.15, 0.2) is 54.0 Å². The summed E-state index contributed by atoms with van der Waals surface area (Å²) in [6.45, 7) is 1.92. The smallest absolute Gasteiger partial charge is 0.269 e. The van der Waals surface area contributed by atoms with Crippen molar-refractivity contribution in [3.05, 3.63) is 64.5 Å². The molecule has 0 radical (unpaired) electrons. The minimum atomic E-state index is 0.000536. The van der Waals surface area contributed by atoms with Crippen LogP contribution in [-0.4, -0.2) is 46.8 Å². The van der Waals surface area contributed by atoms with Gasteiger partial charge in [-0.05, 0) is 62.6 Å². The number of piperidine rings is 1. The third kappa shape index (κ3) is 3.70. The number of hydrogen-bond donors (Lipinski definition) is 0. The Hall–Kier alpha value is -2.95. The molecule has 3 heterocycles. The van der Waals surface area contributed by atoms with E-state index in [0.717, 1.165) is 36.5 Å². The molecule has 1 aromatic carbocycles. The minimum absolute atomic E-state index is 0.000536. The number of carbonyl (C=O) groups excluding carboxylic acids is 1. The first-order valence-corrected chi connectivity index (χ1v) is 10.2. The van der Waals surface area contributed by atoms with Crippen LogP contribution < -0.4 is 4.90 Å². The van der Waals surface area contributed by atoms with Crippen molar-refractivity contribution < 1.29 is 4.79 Å². The van der Waals surface area contributed by atoms with Gasteiger partial charge in [-0.3, -0.25) is 9.69 Å². The Morgan fingerprint density at radius 2 is 2.07 bits per heavy atom. The van der Waals surface area contributed by atoms with Gasteiger partial charge < -0.3 is 4.90 Å². The summed E-state index contributed by atoms with van der Waals surface area (Å²) in [5.74, 6) is 0.649. The van der Waals surface area contributed by atoms with Gasteiger partial charge >= 0.3 is 0 Å². The van der Waals surface area contributed by atoms with Gasteiger partial charge in [0.15, 0.2) is 5.82 Å². The Labute approximate surface area is 168 Å². The molecular weight excluding hydrogens is 370 g/mol. The summed E-state index contributed by atoms with van der Waals surface area (Å²) >= 11 is 1.45. The Morgan fingerprint density at radius 1 is 1.25 bits per heavy atom. The number of benzene rings is 1. The maximum absolute atomic E-state index is 13.3. The average molecular weight is 392 g/mol. The first-order valence-electron chi connectivity index (χ1n) is 9.27. The number of thiophene rings is 1. The predicted octanol–water partition coefficient (Wildman–Crippen LogP) is 3.55. The van der Waals surface area contributed by atoms with E-state index < -0.39 is 0 Å². The molecule has 3 aromatic rings. The van der Waals surface area contributed by atoms with E-state index >= 15 is 0 Å². The van der Waals surface area contributed by atoms with Gasteiger partial charge in [0.1, 0.15) is 0 Å². The Kier molecular flexibility index (Phi) is 5.24. The number of amides is 1. The van der Waals surface area contributed by atoms with Crippen molar-refractivity contribution in [3.8, 4) is 11.8 Å². The van der Waals surface area contributed by atoms with Gasteiger partial charge in [0.2, 0.25) is 0 Å². The van der Waals surface area contributed by atoms with E-state index in [-0.39, 0.29) is 11.9 Å². The highest BCUT2D eigenvalue weighted by Gasteiger charge is 2.31. The van der Waals surface area contributed by atoms with Crippen LogP contribution in [0.4, 0.5) is 5.82 Å². The Balaban J connectivity index is 1.68. The van der Waals surface area contributed by atoms with Crippen LogP contribution >= 0.6 is 11.3 Å². The largest absolute Gasteiger partial charge is 0.306 e. The van der Waals surface area contributed by atoms with Gasteiger partial charge in [-0.2, -0.15) is 5.26 Å². The van der Waals surface area contributed by atoms with Crippen molar-refractivity contribution in [1.29, 1.82) is 5.26 Å². The monoisotopic (exact) mass is 391 g/mol. The maximum atomic E-state index is 13.3. The van der Waals surface area contributed by atoms with Gasteiger partial charge in [0.05, 0.1) is 22.2 Å². The molecule has 2 aromatic heterocycles. The van der Waals surface area contributed by atoms with Crippen LogP contribution in [0.1, 0.15) is 28.1 Å². The van der Waals surface area contributed by atoms with Gasteiger partial charge in [-0.1, -0.05) is 12.1 Å². The van der Waals surface area contributed by atoms with E-state index in [1.54, 1.807) is 16.8 Å². The maximum Gasteiger partial charge on any atom is 0.269 e. The second-order valence-electron chi connectivity index (χ2n) is 6.97. The topological polar surface area (TPSA) is 65.2 Å². The van der Waals surface area contributed by atoms with Crippen LogP contribution in [0, 0.1) is 11.3 Å². The molecule has 0 N–H and O–H groups in total. The zero-order valence-electron chi connectivity index (χ0n) is 15.7. The standard InChI is InChI=1S/C21H21N5OS/c1-24-10-7-17(8-11-24)26(21(27)19-6-3-13-28-19)20-9-12-25(23-20)18-5-2-4-16(14-18)15-22/h2-6,9,12-14,17H,7-8,10-11H2,1H3. The van der Waals surface area contributed by atoms with Crippen LogP contribution in [0.3, 0.4) is 0 Å². The Bertz CT molecular complexity index is 996. The lowest BCUT2D eigenvalue weighted by molar-refractivity contribution is 0.0966. The molecule has 7 heteroatoms. The van der Waals surface area contributed by atoms with Crippen molar-refractivity contribution >= 4 is 23.1 Å². The highest BCUT2D eigenvalue weighted by Crippen LogP contribution is 2.26. The zero-order valence-corrected chi connectivity index (χ0v) is 16.5. The van der Waals surface area contributed by atoms with Gasteiger partial charge in [0.25, 0.3) is 5.91 Å². The van der Waals surface area contributed by atoms with E-state index in [0.29, 0.717) is 11.4 Å². The van der Waals surface area contributed by atoms with E-state index in [4.69, 9.17) is 5.26 Å². The van der Waals surface area contributed by atoms with E-state index in [9.17, 15) is 4.79 Å². The summed E-state index contributed by atoms with van der Waals surface area (Å²) in [7, 11) is 2.11. The summed E-state index contributed by atoms with van der Waals surface area (Å²) in [5, 5.41) is 15.7. The molecule has 1 aliphatic rings. The Morgan fingerprint density at radius 3 is 2.79 bits per heavy atom. The molecule has 1 aliphatic heterocycles. The third-order valence-electron chi connectivity index (χ3n) is 5.07. The summed E-state index contributed by atoms with van der Waals surface area (Å²) < 4.78 is 1.72. The summed E-state index contributed by atoms with van der Waals surface area (Å²) in [5.41, 5.74) is 1.38. The lowest BCUT2D eigenvalue weighted by Crippen LogP contribution is -2.47. The fourth-order valence-corrected chi connectivity index (χ4v) is 4.19. The molecule has 0 saturated carbocycles. The molecule has 1 amide bonds. The number of carbonyl (C=O) groups is 1. The molecule has 1 saturated heterocycles. The van der Waals surface area contributed by atoms with Crippen LogP contribution in [0.2, 0.25) is 0 Å². The molecule has 0 bridgehead atoms. The highest BCUT2D eigenvalue weighted by atomic mass is 32.1. The molecule has 1 fully saturated rings. The lowest BCUT2D eigenvalue weighted by atomic mass is 10.0. The number of rotatable bonds is 4. The molecule has 0 atom stereocenters. The summed E-state index contributed by atoms with van der Waals surface area (Å²) in [6.07, 6.45) is 3.68.